The summed E-state index contributed by atoms with van der Waals surface area (Å²) in [6, 6.07) is 11.8. The summed E-state index contributed by atoms with van der Waals surface area (Å²) in [7, 11) is -0.821. The number of carbonyl (C=O) groups is 2. The average molecular weight is 500 g/mol. The minimum Gasteiger partial charge on any atom is -0.493 e. The van der Waals surface area contributed by atoms with Crippen LogP contribution in [0.1, 0.15) is 30.5 Å². The molecule has 2 aliphatic heterocycles. The molecule has 0 aliphatic carbocycles. The predicted octanol–water partition coefficient (Wildman–Crippen LogP) is 2.50. The number of hydrogen-bond acceptors (Lipinski definition) is 6. The monoisotopic (exact) mass is 499 g/mol. The van der Waals surface area contributed by atoms with Gasteiger partial charge in [-0.05, 0) is 29.3 Å². The molecule has 4 rings (SSSR count). The standard InChI is InChI=1S/C25H29N3O6S/c1-18(29)28-11-10-19-6-4-5-7-21(19)22(28)17-25(30)26-12-14-27(15-13-26)35(31,32)20-8-9-23(33-2)24(16-20)34-3/h4-11,16,22H,12-15,17H2,1-3H3/t22-/m1/s1. The van der Waals surface area contributed by atoms with E-state index in [0.29, 0.717) is 11.5 Å². The van der Waals surface area contributed by atoms with Gasteiger partial charge in [0, 0.05) is 45.4 Å². The minimum atomic E-state index is -3.76. The van der Waals surface area contributed by atoms with Crippen molar-refractivity contribution < 1.29 is 27.5 Å². The van der Waals surface area contributed by atoms with Crippen LogP contribution in [0, 0.1) is 0 Å². The van der Waals surface area contributed by atoms with E-state index >= 15 is 0 Å². The van der Waals surface area contributed by atoms with Crippen LogP contribution in [0.15, 0.2) is 53.6 Å². The predicted molar refractivity (Wildman–Crippen MR) is 130 cm³/mol. The van der Waals surface area contributed by atoms with E-state index < -0.39 is 16.1 Å². The summed E-state index contributed by atoms with van der Waals surface area (Å²) in [5, 5.41) is 0. The number of sulfonamides is 1. The van der Waals surface area contributed by atoms with Gasteiger partial charge in [0.05, 0.1) is 31.6 Å². The van der Waals surface area contributed by atoms with Crippen molar-refractivity contribution in [1.82, 2.24) is 14.1 Å². The molecule has 0 N–H and O–H groups in total. The first-order chi connectivity index (χ1) is 16.8. The SMILES string of the molecule is COc1ccc(S(=O)(=O)N2CCN(C(=O)C[C@@H]3c4ccccc4C=CN3C(C)=O)CC2)cc1OC. The lowest BCUT2D eigenvalue weighted by atomic mass is 9.93. The molecule has 0 unspecified atom stereocenters. The Bertz CT molecular complexity index is 1250. The second-order valence-corrected chi connectivity index (χ2v) is 10.3. The van der Waals surface area contributed by atoms with Crippen molar-refractivity contribution in [1.29, 1.82) is 0 Å². The van der Waals surface area contributed by atoms with Crippen LogP contribution in [-0.4, -0.2) is 74.7 Å². The Labute approximate surface area is 205 Å². The van der Waals surface area contributed by atoms with E-state index in [4.69, 9.17) is 9.47 Å². The van der Waals surface area contributed by atoms with Gasteiger partial charge in [0.15, 0.2) is 11.5 Å². The molecule has 1 fully saturated rings. The van der Waals surface area contributed by atoms with Gasteiger partial charge < -0.3 is 19.3 Å². The van der Waals surface area contributed by atoms with Crippen LogP contribution in [-0.2, 0) is 19.6 Å². The van der Waals surface area contributed by atoms with Crippen molar-refractivity contribution in [3.63, 3.8) is 0 Å². The van der Waals surface area contributed by atoms with Crippen molar-refractivity contribution in [2.75, 3.05) is 40.4 Å². The first-order valence-corrected chi connectivity index (χ1v) is 12.8. The van der Waals surface area contributed by atoms with Gasteiger partial charge in [0.25, 0.3) is 0 Å². The van der Waals surface area contributed by atoms with Crippen LogP contribution in [0.4, 0.5) is 0 Å². The Kier molecular flexibility index (Phi) is 7.13. The lowest BCUT2D eigenvalue weighted by Gasteiger charge is -2.37. The average Bonchev–Trinajstić information content (AvgIpc) is 2.88. The van der Waals surface area contributed by atoms with Gasteiger partial charge in [-0.2, -0.15) is 4.31 Å². The molecule has 2 amide bonds. The first-order valence-electron chi connectivity index (χ1n) is 11.3. The van der Waals surface area contributed by atoms with Crippen LogP contribution in [0.5, 0.6) is 11.5 Å². The van der Waals surface area contributed by atoms with Crippen molar-refractivity contribution in [2.45, 2.75) is 24.3 Å². The second kappa shape index (κ2) is 10.1. The Hall–Kier alpha value is -3.37. The van der Waals surface area contributed by atoms with E-state index in [1.54, 1.807) is 22.1 Å². The second-order valence-electron chi connectivity index (χ2n) is 8.39. The van der Waals surface area contributed by atoms with Crippen LogP contribution in [0.3, 0.4) is 0 Å². The molecule has 1 atom stereocenters. The van der Waals surface area contributed by atoms with Crippen molar-refractivity contribution in [3.05, 3.63) is 59.8 Å². The number of methoxy groups -OCH3 is 2. The number of ether oxygens (including phenoxy) is 2. The molecule has 0 spiro atoms. The van der Waals surface area contributed by atoms with Gasteiger partial charge in [-0.1, -0.05) is 24.3 Å². The summed E-state index contributed by atoms with van der Waals surface area (Å²) in [5.41, 5.74) is 1.90. The molecular formula is C25H29N3O6S. The summed E-state index contributed by atoms with van der Waals surface area (Å²) in [6.45, 7) is 2.39. The van der Waals surface area contributed by atoms with Crippen molar-refractivity contribution in [2.24, 2.45) is 0 Å². The largest absolute Gasteiger partial charge is 0.493 e. The summed E-state index contributed by atoms with van der Waals surface area (Å²) >= 11 is 0. The highest BCUT2D eigenvalue weighted by atomic mass is 32.2. The Balaban J connectivity index is 1.44. The summed E-state index contributed by atoms with van der Waals surface area (Å²) in [6.07, 6.45) is 3.72. The van der Waals surface area contributed by atoms with Gasteiger partial charge in [0.1, 0.15) is 0 Å². The molecular weight excluding hydrogens is 470 g/mol. The molecule has 10 heteroatoms. The van der Waals surface area contributed by atoms with Crippen LogP contribution in [0.25, 0.3) is 6.08 Å². The first kappa shape index (κ1) is 24.7. The van der Waals surface area contributed by atoms with Crippen LogP contribution < -0.4 is 9.47 Å². The number of piperazine rings is 1. The molecule has 0 aromatic heterocycles. The Morgan fingerprint density at radius 2 is 1.66 bits per heavy atom. The highest BCUT2D eigenvalue weighted by molar-refractivity contribution is 7.89. The van der Waals surface area contributed by atoms with E-state index in [-0.39, 0.29) is 49.3 Å². The molecule has 0 bridgehead atoms. The van der Waals surface area contributed by atoms with Crippen LogP contribution >= 0.6 is 0 Å². The van der Waals surface area contributed by atoms with Gasteiger partial charge in [0.2, 0.25) is 21.8 Å². The maximum atomic E-state index is 13.2. The molecule has 0 radical (unpaired) electrons. The highest BCUT2D eigenvalue weighted by Gasteiger charge is 2.34. The zero-order chi connectivity index (χ0) is 25.2. The van der Waals surface area contributed by atoms with Crippen molar-refractivity contribution in [3.8, 4) is 11.5 Å². The Morgan fingerprint density at radius 1 is 0.971 bits per heavy atom. The molecule has 2 heterocycles. The van der Waals surface area contributed by atoms with E-state index in [0.717, 1.165) is 11.1 Å². The summed E-state index contributed by atoms with van der Waals surface area (Å²) < 4.78 is 38.2. The number of amides is 2. The molecule has 2 aromatic rings. The normalized spacial score (nSPS) is 18.2. The molecule has 35 heavy (non-hydrogen) atoms. The highest BCUT2D eigenvalue weighted by Crippen LogP contribution is 2.34. The molecule has 2 aliphatic rings. The van der Waals surface area contributed by atoms with E-state index in [9.17, 15) is 18.0 Å². The number of hydrogen-bond donors (Lipinski definition) is 0. The fraction of sp³-hybridized carbons (Fsp3) is 0.360. The zero-order valence-corrected chi connectivity index (χ0v) is 20.8. The van der Waals surface area contributed by atoms with Crippen LogP contribution in [0.2, 0.25) is 0 Å². The number of benzene rings is 2. The topological polar surface area (TPSA) is 96.5 Å². The summed E-state index contributed by atoms with van der Waals surface area (Å²) in [5.74, 6) is 0.522. The number of nitrogens with zero attached hydrogens (tertiary/aromatic N) is 3. The molecule has 2 aromatic carbocycles. The molecule has 1 saturated heterocycles. The summed E-state index contributed by atoms with van der Waals surface area (Å²) in [4.78, 5) is 28.8. The lowest BCUT2D eigenvalue weighted by molar-refractivity contribution is -0.135. The Morgan fingerprint density at radius 3 is 2.31 bits per heavy atom. The minimum absolute atomic E-state index is 0.109. The maximum Gasteiger partial charge on any atom is 0.243 e. The van der Waals surface area contributed by atoms with E-state index in [1.807, 2.05) is 30.3 Å². The third kappa shape index (κ3) is 4.89. The third-order valence-electron chi connectivity index (χ3n) is 6.42. The fourth-order valence-corrected chi connectivity index (χ4v) is 5.95. The fourth-order valence-electron chi connectivity index (χ4n) is 4.51. The molecule has 9 nitrogen and oxygen atoms in total. The van der Waals surface area contributed by atoms with Gasteiger partial charge in [-0.25, -0.2) is 8.42 Å². The van der Waals surface area contributed by atoms with E-state index in [1.165, 1.54) is 37.6 Å². The molecule has 186 valence electrons. The van der Waals surface area contributed by atoms with Gasteiger partial charge in [-0.15, -0.1) is 0 Å². The smallest absolute Gasteiger partial charge is 0.243 e. The quantitative estimate of drug-likeness (QED) is 0.606. The van der Waals surface area contributed by atoms with Gasteiger partial charge in [-0.3, -0.25) is 9.59 Å². The molecule has 0 saturated carbocycles. The number of rotatable bonds is 6. The van der Waals surface area contributed by atoms with Gasteiger partial charge >= 0.3 is 0 Å². The van der Waals surface area contributed by atoms with E-state index in [2.05, 4.69) is 0 Å². The van der Waals surface area contributed by atoms with Crippen molar-refractivity contribution >= 4 is 27.9 Å². The zero-order valence-electron chi connectivity index (χ0n) is 20.0. The third-order valence-corrected chi connectivity index (χ3v) is 8.32. The maximum absolute atomic E-state index is 13.2. The number of fused-ring (bicyclic) bond motifs is 1. The lowest BCUT2D eigenvalue weighted by Crippen LogP contribution is -2.51. The number of carbonyl (C=O) groups excluding carboxylic acids is 2.